The van der Waals surface area contributed by atoms with Crippen LogP contribution in [-0.4, -0.2) is 21.5 Å². The molecule has 1 amide bonds. The molecule has 5 rings (SSSR count). The Hall–Kier alpha value is -3.54. The van der Waals surface area contributed by atoms with E-state index in [1.165, 1.54) is 10.6 Å². The minimum atomic E-state index is -1.14. The highest BCUT2D eigenvalue weighted by atomic mass is 19.1. The molecule has 0 spiro atoms. The largest absolute Gasteiger partial charge is 0.351 e. The van der Waals surface area contributed by atoms with Gasteiger partial charge in [0.15, 0.2) is 0 Å². The molecule has 4 aromatic rings. The number of nitrogens with one attached hydrogen (secondary N) is 1. The van der Waals surface area contributed by atoms with Crippen LogP contribution in [0.1, 0.15) is 43.7 Å². The summed E-state index contributed by atoms with van der Waals surface area (Å²) in [6, 6.07) is 16.1. The van der Waals surface area contributed by atoms with Gasteiger partial charge < -0.3 is 5.32 Å². The zero-order valence-electron chi connectivity index (χ0n) is 17.6. The Morgan fingerprint density at radius 2 is 1.69 bits per heavy atom. The van der Waals surface area contributed by atoms with Gasteiger partial charge in [-0.15, -0.1) is 0 Å². The van der Waals surface area contributed by atoms with Gasteiger partial charge in [0.1, 0.15) is 17.4 Å². The third kappa shape index (κ3) is 3.55. The standard InChI is InChI=1S/C26H24FN3O2/c27-21-14-6-4-12-20(21)24(25(31)29-17-9-2-1-3-10-17)30-22-15-7-5-11-18(22)19-13-8-16-28-23(19)26(30)32/h4-8,11-17,24H,1-3,9-10H2,(H,29,31). The Balaban J connectivity index is 1.76. The van der Waals surface area contributed by atoms with Gasteiger partial charge in [-0.05, 0) is 31.0 Å². The number of carbonyl (C=O) groups is 1. The minimum absolute atomic E-state index is 0.0334. The number of benzene rings is 2. The van der Waals surface area contributed by atoms with Crippen LogP contribution in [0, 0.1) is 5.82 Å². The summed E-state index contributed by atoms with van der Waals surface area (Å²) in [4.78, 5) is 31.6. The maximum Gasteiger partial charge on any atom is 0.278 e. The minimum Gasteiger partial charge on any atom is -0.351 e. The van der Waals surface area contributed by atoms with Crippen molar-refractivity contribution in [2.24, 2.45) is 0 Å². The van der Waals surface area contributed by atoms with Crippen molar-refractivity contribution in [1.82, 2.24) is 14.9 Å². The van der Waals surface area contributed by atoms with Crippen LogP contribution in [0.5, 0.6) is 0 Å². The molecule has 2 aromatic carbocycles. The van der Waals surface area contributed by atoms with Crippen molar-refractivity contribution in [3.05, 3.63) is 88.6 Å². The lowest BCUT2D eigenvalue weighted by Gasteiger charge is -2.28. The summed E-state index contributed by atoms with van der Waals surface area (Å²) in [6.45, 7) is 0. The summed E-state index contributed by atoms with van der Waals surface area (Å²) in [5, 5.41) is 4.60. The predicted octanol–water partition coefficient (Wildman–Crippen LogP) is 4.73. The number of fused-ring (bicyclic) bond motifs is 3. The molecule has 0 bridgehead atoms. The van der Waals surface area contributed by atoms with Crippen LogP contribution in [0.3, 0.4) is 0 Å². The van der Waals surface area contributed by atoms with E-state index in [1.54, 1.807) is 36.5 Å². The van der Waals surface area contributed by atoms with Crippen molar-refractivity contribution in [3.63, 3.8) is 0 Å². The van der Waals surface area contributed by atoms with Crippen LogP contribution in [0.15, 0.2) is 71.7 Å². The van der Waals surface area contributed by atoms with Crippen molar-refractivity contribution in [2.45, 2.75) is 44.2 Å². The first kappa shape index (κ1) is 20.4. The summed E-state index contributed by atoms with van der Waals surface area (Å²) in [5.41, 5.74) is 0.595. The summed E-state index contributed by atoms with van der Waals surface area (Å²) in [5.74, 6) is -0.891. The number of para-hydroxylation sites is 1. The molecule has 1 fully saturated rings. The topological polar surface area (TPSA) is 64.0 Å². The molecule has 1 aliphatic rings. The van der Waals surface area contributed by atoms with E-state index < -0.39 is 17.4 Å². The zero-order valence-corrected chi connectivity index (χ0v) is 17.6. The van der Waals surface area contributed by atoms with Crippen LogP contribution in [-0.2, 0) is 4.79 Å². The summed E-state index contributed by atoms with van der Waals surface area (Å²) < 4.78 is 16.4. The van der Waals surface area contributed by atoms with Gasteiger partial charge in [-0.25, -0.2) is 4.39 Å². The van der Waals surface area contributed by atoms with Crippen LogP contribution in [0.2, 0.25) is 0 Å². The van der Waals surface area contributed by atoms with Gasteiger partial charge in [0.05, 0.1) is 5.52 Å². The van der Waals surface area contributed by atoms with E-state index in [2.05, 4.69) is 10.3 Å². The fourth-order valence-corrected chi connectivity index (χ4v) is 4.81. The Kier molecular flexibility index (Phi) is 5.43. The van der Waals surface area contributed by atoms with Crippen LogP contribution < -0.4 is 10.9 Å². The quantitative estimate of drug-likeness (QED) is 0.477. The monoisotopic (exact) mass is 429 g/mol. The van der Waals surface area contributed by atoms with Crippen LogP contribution >= 0.6 is 0 Å². The molecule has 1 N–H and O–H groups in total. The number of rotatable bonds is 4. The van der Waals surface area contributed by atoms with Gasteiger partial charge in [-0.2, -0.15) is 0 Å². The Labute approximate surface area is 184 Å². The maximum atomic E-state index is 15.0. The van der Waals surface area contributed by atoms with Crippen molar-refractivity contribution < 1.29 is 9.18 Å². The number of nitrogens with zero attached hydrogens (tertiary/aromatic N) is 2. The molecule has 162 valence electrons. The molecule has 6 heteroatoms. The summed E-state index contributed by atoms with van der Waals surface area (Å²) >= 11 is 0. The maximum absolute atomic E-state index is 15.0. The fourth-order valence-electron chi connectivity index (χ4n) is 4.81. The molecule has 1 atom stereocenters. The van der Waals surface area contributed by atoms with Gasteiger partial charge in [-0.3, -0.25) is 19.1 Å². The lowest BCUT2D eigenvalue weighted by atomic mass is 9.94. The second kappa shape index (κ2) is 8.54. The molecule has 2 heterocycles. The average molecular weight is 429 g/mol. The van der Waals surface area contributed by atoms with E-state index >= 15 is 0 Å². The van der Waals surface area contributed by atoms with Gasteiger partial charge in [-0.1, -0.05) is 61.7 Å². The molecule has 1 aliphatic carbocycles. The smallest absolute Gasteiger partial charge is 0.278 e. The zero-order chi connectivity index (χ0) is 22.1. The number of hydrogen-bond acceptors (Lipinski definition) is 3. The molecule has 1 unspecified atom stereocenters. The molecule has 0 aliphatic heterocycles. The number of aromatic nitrogens is 2. The van der Waals surface area contributed by atoms with Crippen molar-refractivity contribution >= 4 is 27.7 Å². The molecule has 0 saturated heterocycles. The Bertz CT molecular complexity index is 1360. The first-order valence-corrected chi connectivity index (χ1v) is 11.1. The second-order valence-electron chi connectivity index (χ2n) is 8.36. The van der Waals surface area contributed by atoms with E-state index in [1.807, 2.05) is 24.3 Å². The van der Waals surface area contributed by atoms with E-state index in [9.17, 15) is 14.0 Å². The van der Waals surface area contributed by atoms with E-state index in [-0.39, 0.29) is 23.0 Å². The van der Waals surface area contributed by atoms with Crippen LogP contribution in [0.4, 0.5) is 4.39 Å². The van der Waals surface area contributed by atoms with Crippen molar-refractivity contribution in [1.29, 1.82) is 0 Å². The van der Waals surface area contributed by atoms with E-state index in [0.29, 0.717) is 10.9 Å². The Morgan fingerprint density at radius 1 is 0.969 bits per heavy atom. The molecule has 0 radical (unpaired) electrons. The lowest BCUT2D eigenvalue weighted by Crippen LogP contribution is -2.43. The first-order chi connectivity index (χ1) is 15.6. The van der Waals surface area contributed by atoms with Crippen molar-refractivity contribution in [3.8, 4) is 0 Å². The SMILES string of the molecule is O=C(NC1CCCCC1)C(c1ccccc1F)n1c(=O)c2ncccc2c2ccccc21. The predicted molar refractivity (Wildman–Crippen MR) is 123 cm³/mol. The Morgan fingerprint density at radius 3 is 2.50 bits per heavy atom. The van der Waals surface area contributed by atoms with Gasteiger partial charge in [0, 0.05) is 28.6 Å². The third-order valence-corrected chi connectivity index (χ3v) is 6.34. The molecular formula is C26H24FN3O2. The fraction of sp³-hybridized carbons (Fsp3) is 0.269. The highest BCUT2D eigenvalue weighted by Gasteiger charge is 2.30. The normalized spacial score (nSPS) is 15.7. The van der Waals surface area contributed by atoms with E-state index in [4.69, 9.17) is 0 Å². The number of amides is 1. The third-order valence-electron chi connectivity index (χ3n) is 6.34. The van der Waals surface area contributed by atoms with Gasteiger partial charge >= 0.3 is 0 Å². The van der Waals surface area contributed by atoms with E-state index in [0.717, 1.165) is 37.5 Å². The molecule has 2 aromatic heterocycles. The van der Waals surface area contributed by atoms with Crippen molar-refractivity contribution in [2.75, 3.05) is 0 Å². The molecule has 5 nitrogen and oxygen atoms in total. The number of hydrogen-bond donors (Lipinski definition) is 1. The summed E-state index contributed by atoms with van der Waals surface area (Å²) in [6.07, 6.45) is 6.61. The lowest BCUT2D eigenvalue weighted by molar-refractivity contribution is -0.124. The number of halogens is 1. The number of pyridine rings is 2. The average Bonchev–Trinajstić information content (AvgIpc) is 2.83. The highest BCUT2D eigenvalue weighted by molar-refractivity contribution is 6.04. The summed E-state index contributed by atoms with van der Waals surface area (Å²) in [7, 11) is 0. The molecule has 32 heavy (non-hydrogen) atoms. The first-order valence-electron chi connectivity index (χ1n) is 11.1. The van der Waals surface area contributed by atoms with Gasteiger partial charge in [0.25, 0.3) is 5.56 Å². The highest BCUT2D eigenvalue weighted by Crippen LogP contribution is 2.29. The number of carbonyl (C=O) groups excluding carboxylic acids is 1. The second-order valence-corrected chi connectivity index (χ2v) is 8.36. The molecular weight excluding hydrogens is 405 g/mol. The van der Waals surface area contributed by atoms with Crippen LogP contribution in [0.25, 0.3) is 21.8 Å². The molecule has 1 saturated carbocycles. The van der Waals surface area contributed by atoms with Gasteiger partial charge in [0.2, 0.25) is 5.91 Å².